The van der Waals surface area contributed by atoms with E-state index in [1.54, 1.807) is 0 Å². The number of hydrogen-bond donors (Lipinski definition) is 0. The first-order chi connectivity index (χ1) is 31.5. The Labute approximate surface area is 397 Å². The van der Waals surface area contributed by atoms with Gasteiger partial charge in [-0.2, -0.15) is 0 Å². The van der Waals surface area contributed by atoms with Gasteiger partial charge in [-0.1, -0.05) is 230 Å². The van der Waals surface area contributed by atoms with Crippen molar-refractivity contribution < 1.29 is 28.6 Å². The number of unbranched alkanes of at least 4 members (excludes halogenated alkanes) is 31. The molecule has 64 heavy (non-hydrogen) atoms. The summed E-state index contributed by atoms with van der Waals surface area (Å²) in [6.07, 6.45) is 63.7. The fraction of sp³-hybridized carbons (Fsp3) is 0.810. The van der Waals surface area contributed by atoms with Crippen LogP contribution in [-0.4, -0.2) is 37.2 Å². The smallest absolute Gasteiger partial charge is 0.306 e. The number of rotatable bonds is 50. The average Bonchev–Trinajstić information content (AvgIpc) is 3.29. The zero-order chi connectivity index (χ0) is 46.5. The first-order valence-electron chi connectivity index (χ1n) is 27.6. The molecular weight excluding hydrogens is 793 g/mol. The van der Waals surface area contributed by atoms with Gasteiger partial charge in [-0.3, -0.25) is 14.4 Å². The predicted octanol–water partition coefficient (Wildman–Crippen LogP) is 18.3. The molecule has 6 nitrogen and oxygen atoms in total. The van der Waals surface area contributed by atoms with Crippen LogP contribution in [0.15, 0.2) is 48.6 Å². The molecule has 0 saturated heterocycles. The van der Waals surface area contributed by atoms with Gasteiger partial charge in [-0.25, -0.2) is 0 Å². The molecule has 0 N–H and O–H groups in total. The molecule has 0 spiro atoms. The van der Waals surface area contributed by atoms with E-state index in [-0.39, 0.29) is 31.1 Å². The average molecular weight is 897 g/mol. The molecule has 0 aliphatic carbocycles. The molecule has 6 heteroatoms. The highest BCUT2D eigenvalue weighted by molar-refractivity contribution is 5.71. The van der Waals surface area contributed by atoms with E-state index < -0.39 is 6.10 Å². The van der Waals surface area contributed by atoms with Crippen LogP contribution in [0, 0.1) is 0 Å². The maximum absolute atomic E-state index is 12.8. The van der Waals surface area contributed by atoms with Gasteiger partial charge in [0.05, 0.1) is 0 Å². The number of carbonyl (C=O) groups is 3. The molecule has 0 bridgehead atoms. The third kappa shape index (κ3) is 50.4. The number of hydrogen-bond acceptors (Lipinski definition) is 6. The number of carbonyl (C=O) groups excluding carboxylic acids is 3. The quantitative estimate of drug-likeness (QED) is 0.0262. The molecule has 0 heterocycles. The van der Waals surface area contributed by atoms with Crippen LogP contribution in [0.5, 0.6) is 0 Å². The van der Waals surface area contributed by atoms with Crippen molar-refractivity contribution in [1.82, 2.24) is 0 Å². The summed E-state index contributed by atoms with van der Waals surface area (Å²) >= 11 is 0. The normalized spacial score (nSPS) is 12.4. The zero-order valence-electron chi connectivity index (χ0n) is 42.6. The molecule has 0 aromatic heterocycles. The predicted molar refractivity (Wildman–Crippen MR) is 275 cm³/mol. The van der Waals surface area contributed by atoms with Gasteiger partial charge in [0.25, 0.3) is 0 Å². The number of esters is 3. The van der Waals surface area contributed by atoms with Crippen molar-refractivity contribution in [3.63, 3.8) is 0 Å². The lowest BCUT2D eigenvalue weighted by molar-refractivity contribution is -0.167. The number of ether oxygens (including phenoxy) is 3. The Hall–Kier alpha value is -2.63. The second-order valence-corrected chi connectivity index (χ2v) is 18.5. The van der Waals surface area contributed by atoms with Gasteiger partial charge in [0.2, 0.25) is 0 Å². The fourth-order valence-electron chi connectivity index (χ4n) is 7.86. The molecular formula is C58H104O6. The summed E-state index contributed by atoms with van der Waals surface area (Å²) in [6, 6.07) is 0. The van der Waals surface area contributed by atoms with Crippen molar-refractivity contribution in [2.24, 2.45) is 0 Å². The van der Waals surface area contributed by atoms with Gasteiger partial charge in [-0.15, -0.1) is 0 Å². The summed E-state index contributed by atoms with van der Waals surface area (Å²) in [4.78, 5) is 38.1. The van der Waals surface area contributed by atoms with E-state index in [4.69, 9.17) is 14.2 Å². The van der Waals surface area contributed by atoms with Crippen LogP contribution < -0.4 is 0 Å². The molecule has 0 saturated carbocycles. The Morgan fingerprint density at radius 2 is 0.562 bits per heavy atom. The first kappa shape index (κ1) is 61.4. The van der Waals surface area contributed by atoms with Crippen LogP contribution in [-0.2, 0) is 28.6 Å². The van der Waals surface area contributed by atoms with E-state index in [1.807, 2.05) is 0 Å². The Balaban J connectivity index is 4.40. The van der Waals surface area contributed by atoms with Gasteiger partial charge in [0, 0.05) is 19.3 Å². The Morgan fingerprint density at radius 3 is 0.922 bits per heavy atom. The third-order valence-corrected chi connectivity index (χ3v) is 12.1. The SMILES string of the molecule is CCCCC/C=C\C/C=C\C/C=C\CCCCCCC(=O)OC[C@@H](COC(=O)CCCCCCC/C=C\CCCCCCC)OC(=O)CCCCCCCCCCCCCCCCC. The molecule has 0 aromatic carbocycles. The van der Waals surface area contributed by atoms with Crippen LogP contribution >= 0.6 is 0 Å². The van der Waals surface area contributed by atoms with Gasteiger partial charge < -0.3 is 14.2 Å². The highest BCUT2D eigenvalue weighted by Gasteiger charge is 2.19. The van der Waals surface area contributed by atoms with Crippen LogP contribution in [0.4, 0.5) is 0 Å². The summed E-state index contributed by atoms with van der Waals surface area (Å²) in [5.74, 6) is -0.900. The molecule has 0 unspecified atom stereocenters. The second kappa shape index (κ2) is 53.0. The maximum Gasteiger partial charge on any atom is 0.306 e. The lowest BCUT2D eigenvalue weighted by Crippen LogP contribution is -2.30. The van der Waals surface area contributed by atoms with Crippen molar-refractivity contribution in [2.75, 3.05) is 13.2 Å². The largest absolute Gasteiger partial charge is 0.462 e. The van der Waals surface area contributed by atoms with Crippen LogP contribution in [0.1, 0.15) is 284 Å². The van der Waals surface area contributed by atoms with Crippen molar-refractivity contribution in [3.8, 4) is 0 Å². The summed E-state index contributed by atoms with van der Waals surface area (Å²) in [5, 5.41) is 0. The standard InChI is InChI=1S/C58H104O6/c1-4-7-10-13-16-19-22-25-28-29-31-33-36-39-42-45-48-51-57(60)63-54-55(53-62-56(59)50-47-44-41-38-35-32-27-24-21-18-15-12-9-6-3)64-58(61)52-49-46-43-40-37-34-30-26-23-20-17-14-11-8-5-2/h16,19,24-25,27-28,31,33,55H,4-15,17-18,20-23,26,29-30,32,34-54H2,1-3H3/b19-16-,27-24-,28-25-,33-31-/t55-/m1/s1. The minimum atomic E-state index is -0.783. The van der Waals surface area contributed by atoms with Crippen molar-refractivity contribution in [2.45, 2.75) is 290 Å². The minimum absolute atomic E-state index is 0.0822. The lowest BCUT2D eigenvalue weighted by atomic mass is 10.0. The molecule has 372 valence electrons. The molecule has 0 aromatic rings. The third-order valence-electron chi connectivity index (χ3n) is 12.1. The zero-order valence-corrected chi connectivity index (χ0v) is 42.6. The molecule has 0 amide bonds. The molecule has 0 aliphatic heterocycles. The van der Waals surface area contributed by atoms with Crippen molar-refractivity contribution in [1.29, 1.82) is 0 Å². The van der Waals surface area contributed by atoms with Crippen LogP contribution in [0.3, 0.4) is 0 Å². The lowest BCUT2D eigenvalue weighted by Gasteiger charge is -2.18. The van der Waals surface area contributed by atoms with E-state index in [0.29, 0.717) is 19.3 Å². The maximum atomic E-state index is 12.8. The molecule has 0 aliphatic rings. The van der Waals surface area contributed by atoms with Gasteiger partial charge >= 0.3 is 17.9 Å². The Morgan fingerprint density at radius 1 is 0.312 bits per heavy atom. The van der Waals surface area contributed by atoms with Gasteiger partial charge in [0.15, 0.2) is 6.10 Å². The monoisotopic (exact) mass is 897 g/mol. The van der Waals surface area contributed by atoms with Gasteiger partial charge in [0.1, 0.15) is 13.2 Å². The van der Waals surface area contributed by atoms with E-state index in [0.717, 1.165) is 89.9 Å². The highest BCUT2D eigenvalue weighted by Crippen LogP contribution is 2.16. The van der Waals surface area contributed by atoms with E-state index in [2.05, 4.69) is 69.4 Å². The highest BCUT2D eigenvalue weighted by atomic mass is 16.6. The Kier molecular flexibility index (Phi) is 50.8. The first-order valence-corrected chi connectivity index (χ1v) is 27.6. The van der Waals surface area contributed by atoms with Crippen LogP contribution in [0.2, 0.25) is 0 Å². The van der Waals surface area contributed by atoms with Crippen molar-refractivity contribution >= 4 is 17.9 Å². The molecule has 0 radical (unpaired) electrons. The summed E-state index contributed by atoms with van der Waals surface area (Å²) < 4.78 is 16.8. The fourth-order valence-corrected chi connectivity index (χ4v) is 7.86. The van der Waals surface area contributed by atoms with E-state index >= 15 is 0 Å². The van der Waals surface area contributed by atoms with Crippen molar-refractivity contribution in [3.05, 3.63) is 48.6 Å². The van der Waals surface area contributed by atoms with E-state index in [1.165, 1.54) is 154 Å². The Bertz CT molecular complexity index is 1120. The van der Waals surface area contributed by atoms with Gasteiger partial charge in [-0.05, 0) is 83.5 Å². The summed E-state index contributed by atoms with van der Waals surface area (Å²) in [7, 11) is 0. The summed E-state index contributed by atoms with van der Waals surface area (Å²) in [5.41, 5.74) is 0. The van der Waals surface area contributed by atoms with E-state index in [9.17, 15) is 14.4 Å². The molecule has 0 fully saturated rings. The summed E-state index contributed by atoms with van der Waals surface area (Å²) in [6.45, 7) is 6.60. The molecule has 0 rings (SSSR count). The van der Waals surface area contributed by atoms with Crippen LogP contribution in [0.25, 0.3) is 0 Å². The topological polar surface area (TPSA) is 78.9 Å². The number of allylic oxidation sites excluding steroid dienone is 8. The molecule has 1 atom stereocenters. The second-order valence-electron chi connectivity index (χ2n) is 18.5. The minimum Gasteiger partial charge on any atom is -0.462 e.